The Balaban J connectivity index is 2.96. The molecule has 0 aliphatic carbocycles. The van der Waals surface area contributed by atoms with Crippen LogP contribution in [0.5, 0.6) is 0 Å². The lowest BCUT2D eigenvalue weighted by Gasteiger charge is -2.00. The van der Waals surface area contributed by atoms with E-state index in [1.165, 1.54) is 12.1 Å². The van der Waals surface area contributed by atoms with Crippen LogP contribution >= 0.6 is 0 Å². The van der Waals surface area contributed by atoms with E-state index in [4.69, 9.17) is 5.11 Å². The third-order valence-corrected chi connectivity index (χ3v) is 1.94. The van der Waals surface area contributed by atoms with Crippen molar-refractivity contribution in [1.82, 2.24) is 9.55 Å². The lowest BCUT2D eigenvalue weighted by Crippen LogP contribution is -2.26. The normalized spacial score (nSPS) is 10.5. The molecule has 0 saturated heterocycles. The number of halogens is 1. The van der Waals surface area contributed by atoms with Crippen molar-refractivity contribution in [3.05, 3.63) is 40.7 Å². The number of carbonyl (C=O) groups is 1. The van der Waals surface area contributed by atoms with Gasteiger partial charge in [-0.2, -0.15) is 0 Å². The number of carboxylic acid groups (broad SMARTS) is 1. The molecule has 15 heavy (non-hydrogen) atoms. The number of aromatic nitrogens is 2. The molecule has 0 saturated carbocycles. The summed E-state index contributed by atoms with van der Waals surface area (Å²) in [5.74, 6) is -0.777. The molecule has 1 heterocycles. The van der Waals surface area contributed by atoms with Gasteiger partial charge in [-0.3, -0.25) is 4.79 Å². The summed E-state index contributed by atoms with van der Waals surface area (Å²) in [5, 5.41) is 8.30. The molecule has 0 atom stereocenters. The summed E-state index contributed by atoms with van der Waals surface area (Å²) in [6, 6.07) is 3.92. The first kappa shape index (κ1) is 9.32. The summed E-state index contributed by atoms with van der Waals surface area (Å²) < 4.78 is 13.6. The molecular formula is C9H5FN2O3. The van der Waals surface area contributed by atoms with Gasteiger partial charge in [0.2, 0.25) is 0 Å². The van der Waals surface area contributed by atoms with Crippen molar-refractivity contribution in [3.8, 4) is 0 Å². The Morgan fingerprint density at radius 3 is 2.87 bits per heavy atom. The van der Waals surface area contributed by atoms with Crippen molar-refractivity contribution in [3.63, 3.8) is 0 Å². The van der Waals surface area contributed by atoms with Crippen molar-refractivity contribution >= 4 is 17.0 Å². The van der Waals surface area contributed by atoms with Gasteiger partial charge in [0.25, 0.3) is 5.56 Å². The second-order valence-electron chi connectivity index (χ2n) is 2.84. The minimum Gasteiger partial charge on any atom is -0.464 e. The zero-order chi connectivity index (χ0) is 11.0. The monoisotopic (exact) mass is 208 g/mol. The van der Waals surface area contributed by atoms with Crippen LogP contribution in [0.3, 0.4) is 0 Å². The molecule has 0 spiro atoms. The van der Waals surface area contributed by atoms with Gasteiger partial charge >= 0.3 is 6.09 Å². The van der Waals surface area contributed by atoms with Gasteiger partial charge in [-0.15, -0.1) is 0 Å². The fourth-order valence-corrected chi connectivity index (χ4v) is 1.26. The van der Waals surface area contributed by atoms with E-state index in [9.17, 15) is 14.0 Å². The van der Waals surface area contributed by atoms with Gasteiger partial charge in [0.1, 0.15) is 17.5 Å². The summed E-state index contributed by atoms with van der Waals surface area (Å²) in [6.07, 6.45) is -0.635. The number of hydrogen-bond acceptors (Lipinski definition) is 3. The lowest BCUT2D eigenvalue weighted by atomic mass is 10.2. The molecular weight excluding hydrogens is 203 g/mol. The van der Waals surface area contributed by atoms with Crippen LogP contribution in [-0.4, -0.2) is 20.8 Å². The zero-order valence-corrected chi connectivity index (χ0v) is 7.35. The fraction of sp³-hybridized carbons (Fsp3) is 0. The third-order valence-electron chi connectivity index (χ3n) is 1.94. The molecule has 1 N–H and O–H groups in total. The molecule has 1 aromatic heterocycles. The van der Waals surface area contributed by atoms with Gasteiger partial charge in [-0.05, 0) is 12.1 Å². The van der Waals surface area contributed by atoms with Crippen LogP contribution in [0.1, 0.15) is 0 Å². The Kier molecular flexibility index (Phi) is 1.96. The Hall–Kier alpha value is -2.24. The molecule has 0 aliphatic heterocycles. The SMILES string of the molecule is O=C(O)n1cnc2cccc(F)c2c1=O. The molecule has 5 nitrogen and oxygen atoms in total. The summed E-state index contributed by atoms with van der Waals surface area (Å²) in [5.41, 5.74) is -0.789. The van der Waals surface area contributed by atoms with Crippen LogP contribution in [0.4, 0.5) is 9.18 Å². The third kappa shape index (κ3) is 1.35. The second kappa shape index (κ2) is 3.16. The molecule has 6 heteroatoms. The van der Waals surface area contributed by atoms with Crippen LogP contribution in [-0.2, 0) is 0 Å². The van der Waals surface area contributed by atoms with E-state index in [0.29, 0.717) is 4.57 Å². The van der Waals surface area contributed by atoms with Crippen molar-refractivity contribution in [2.24, 2.45) is 0 Å². The lowest BCUT2D eigenvalue weighted by molar-refractivity contribution is 0.195. The minimum absolute atomic E-state index is 0.137. The first-order valence-electron chi connectivity index (χ1n) is 4.00. The maximum Gasteiger partial charge on any atom is 0.419 e. The van der Waals surface area contributed by atoms with Crippen LogP contribution in [0, 0.1) is 5.82 Å². The Morgan fingerprint density at radius 1 is 1.47 bits per heavy atom. The highest BCUT2D eigenvalue weighted by Crippen LogP contribution is 2.10. The Morgan fingerprint density at radius 2 is 2.20 bits per heavy atom. The molecule has 0 aliphatic rings. The van der Waals surface area contributed by atoms with E-state index in [1.807, 2.05) is 0 Å². The quantitative estimate of drug-likeness (QED) is 0.702. The van der Waals surface area contributed by atoms with E-state index in [0.717, 1.165) is 12.4 Å². The van der Waals surface area contributed by atoms with Crippen LogP contribution in [0.2, 0.25) is 0 Å². The molecule has 76 valence electrons. The first-order chi connectivity index (χ1) is 7.11. The standard InChI is InChI=1S/C9H5FN2O3/c10-5-2-1-3-6-7(5)8(13)12(4-11-6)9(14)15/h1-4H,(H,14,15). The number of nitrogens with zero attached hydrogens (tertiary/aromatic N) is 2. The first-order valence-corrected chi connectivity index (χ1v) is 4.00. The van der Waals surface area contributed by atoms with E-state index in [1.54, 1.807) is 0 Å². The molecule has 0 bridgehead atoms. The van der Waals surface area contributed by atoms with Gasteiger partial charge in [0, 0.05) is 0 Å². The van der Waals surface area contributed by atoms with Gasteiger partial charge in [-0.1, -0.05) is 6.07 Å². The molecule has 1 aromatic carbocycles. The number of fused-ring (bicyclic) bond motifs is 1. The van der Waals surface area contributed by atoms with Gasteiger partial charge < -0.3 is 5.11 Å². The number of benzene rings is 1. The smallest absolute Gasteiger partial charge is 0.419 e. The molecule has 0 amide bonds. The zero-order valence-electron chi connectivity index (χ0n) is 7.35. The van der Waals surface area contributed by atoms with Crippen molar-refractivity contribution in [2.75, 3.05) is 0 Å². The Bertz CT molecular complexity index is 606. The van der Waals surface area contributed by atoms with Crippen LogP contribution in [0.25, 0.3) is 10.9 Å². The average molecular weight is 208 g/mol. The molecule has 0 fully saturated rings. The summed E-state index contributed by atoms with van der Waals surface area (Å²) in [7, 11) is 0. The van der Waals surface area contributed by atoms with Crippen LogP contribution < -0.4 is 5.56 Å². The predicted octanol–water partition coefficient (Wildman–Crippen LogP) is 1.06. The highest BCUT2D eigenvalue weighted by molar-refractivity contribution is 5.80. The topological polar surface area (TPSA) is 72.2 Å². The molecule has 0 unspecified atom stereocenters. The van der Waals surface area contributed by atoms with Crippen LogP contribution in [0.15, 0.2) is 29.3 Å². The molecule has 2 rings (SSSR count). The maximum absolute atomic E-state index is 13.2. The maximum atomic E-state index is 13.2. The minimum atomic E-state index is -1.49. The fourth-order valence-electron chi connectivity index (χ4n) is 1.26. The molecule has 2 aromatic rings. The van der Waals surface area contributed by atoms with E-state index in [-0.39, 0.29) is 10.9 Å². The number of hydrogen-bond donors (Lipinski definition) is 1. The van der Waals surface area contributed by atoms with E-state index in [2.05, 4.69) is 4.98 Å². The summed E-state index contributed by atoms with van der Waals surface area (Å²) >= 11 is 0. The van der Waals surface area contributed by atoms with Crippen molar-refractivity contribution in [1.29, 1.82) is 0 Å². The van der Waals surface area contributed by atoms with Gasteiger partial charge in [0.15, 0.2) is 0 Å². The van der Waals surface area contributed by atoms with Crippen molar-refractivity contribution in [2.45, 2.75) is 0 Å². The highest BCUT2D eigenvalue weighted by Gasteiger charge is 2.11. The summed E-state index contributed by atoms with van der Waals surface area (Å²) in [4.78, 5) is 25.7. The molecule has 0 radical (unpaired) electrons. The second-order valence-corrected chi connectivity index (χ2v) is 2.84. The highest BCUT2D eigenvalue weighted by atomic mass is 19.1. The van der Waals surface area contributed by atoms with Gasteiger partial charge in [-0.25, -0.2) is 18.7 Å². The van der Waals surface area contributed by atoms with Gasteiger partial charge in [0.05, 0.1) is 5.52 Å². The van der Waals surface area contributed by atoms with E-state index >= 15 is 0 Å². The summed E-state index contributed by atoms with van der Waals surface area (Å²) in [6.45, 7) is 0. The average Bonchev–Trinajstić information content (AvgIpc) is 2.17. The van der Waals surface area contributed by atoms with Crippen molar-refractivity contribution < 1.29 is 14.3 Å². The van der Waals surface area contributed by atoms with E-state index < -0.39 is 17.5 Å². The predicted molar refractivity (Wildman–Crippen MR) is 49.4 cm³/mol. The largest absolute Gasteiger partial charge is 0.464 e. The number of rotatable bonds is 0. The Labute approximate surface area is 82.4 Å².